The molecule has 0 atom stereocenters. The number of carbonyl (C=O) groups excluding carboxylic acids is 1. The summed E-state index contributed by atoms with van der Waals surface area (Å²) in [6.07, 6.45) is 0. The van der Waals surface area contributed by atoms with Gasteiger partial charge in [-0.25, -0.2) is 0 Å². The molecule has 2 N–H and O–H groups in total. The van der Waals surface area contributed by atoms with Crippen molar-refractivity contribution >= 4 is 34.7 Å². The molecule has 0 radical (unpaired) electrons. The van der Waals surface area contributed by atoms with Gasteiger partial charge in [0.2, 0.25) is 0 Å². The molecule has 0 aliphatic rings. The fourth-order valence-corrected chi connectivity index (χ4v) is 2.49. The van der Waals surface area contributed by atoms with Gasteiger partial charge in [-0.2, -0.15) is 5.26 Å². The number of halogens is 1. The number of benzene rings is 2. The van der Waals surface area contributed by atoms with E-state index in [4.69, 9.17) is 21.6 Å². The fraction of sp³-hybridized carbons (Fsp3) is 0.0526. The molecular weight excluding hydrogens is 366 g/mol. The number of ether oxygens (including phenoxy) is 1. The Morgan fingerprint density at radius 2 is 1.81 bits per heavy atom. The van der Waals surface area contributed by atoms with Crippen LogP contribution in [0, 0.1) is 11.3 Å². The Hall–Kier alpha value is -3.63. The van der Waals surface area contributed by atoms with Crippen molar-refractivity contribution in [1.29, 1.82) is 5.26 Å². The number of aromatic nitrogens is 2. The predicted molar refractivity (Wildman–Crippen MR) is 102 cm³/mol. The molecule has 1 heterocycles. The molecule has 3 aromatic rings. The Bertz CT molecular complexity index is 998. The Morgan fingerprint density at radius 1 is 1.07 bits per heavy atom. The van der Waals surface area contributed by atoms with Gasteiger partial charge >= 0.3 is 0 Å². The summed E-state index contributed by atoms with van der Waals surface area (Å²) >= 11 is 6.09. The van der Waals surface area contributed by atoms with Crippen molar-refractivity contribution in [2.24, 2.45) is 0 Å². The van der Waals surface area contributed by atoms with E-state index in [0.29, 0.717) is 33.5 Å². The van der Waals surface area contributed by atoms with Crippen LogP contribution in [0.25, 0.3) is 0 Å². The maximum absolute atomic E-state index is 12.2. The van der Waals surface area contributed by atoms with Gasteiger partial charge in [0.15, 0.2) is 11.5 Å². The first-order valence-corrected chi connectivity index (χ1v) is 8.22. The van der Waals surface area contributed by atoms with E-state index in [1.54, 1.807) is 61.7 Å². The maximum Gasteiger partial charge on any atom is 0.276 e. The van der Waals surface area contributed by atoms with Crippen LogP contribution < -0.4 is 15.4 Å². The van der Waals surface area contributed by atoms with E-state index < -0.39 is 5.91 Å². The number of nitriles is 1. The fourth-order valence-electron chi connectivity index (χ4n) is 2.24. The number of nitrogens with one attached hydrogen (secondary N) is 2. The molecular formula is C19H14ClN5O2. The Morgan fingerprint density at radius 3 is 2.41 bits per heavy atom. The van der Waals surface area contributed by atoms with E-state index in [9.17, 15) is 4.79 Å². The van der Waals surface area contributed by atoms with Gasteiger partial charge in [-0.3, -0.25) is 4.79 Å². The zero-order valence-electron chi connectivity index (χ0n) is 14.2. The van der Waals surface area contributed by atoms with Gasteiger partial charge in [-0.15, -0.1) is 10.2 Å². The third kappa shape index (κ3) is 4.51. The van der Waals surface area contributed by atoms with Crippen LogP contribution in [-0.4, -0.2) is 23.2 Å². The lowest BCUT2D eigenvalue weighted by Crippen LogP contribution is -2.14. The first kappa shape index (κ1) is 18.2. The van der Waals surface area contributed by atoms with Crippen molar-refractivity contribution in [2.75, 3.05) is 17.7 Å². The molecule has 3 rings (SSSR count). The van der Waals surface area contributed by atoms with Gasteiger partial charge in [0.25, 0.3) is 5.91 Å². The van der Waals surface area contributed by atoms with Gasteiger partial charge < -0.3 is 15.4 Å². The van der Waals surface area contributed by atoms with E-state index in [-0.39, 0.29) is 5.69 Å². The van der Waals surface area contributed by atoms with Crippen molar-refractivity contribution in [3.63, 3.8) is 0 Å². The van der Waals surface area contributed by atoms with Crippen LogP contribution in [0.4, 0.5) is 17.2 Å². The summed E-state index contributed by atoms with van der Waals surface area (Å²) in [5.74, 6) is 0.639. The molecule has 0 aliphatic carbocycles. The van der Waals surface area contributed by atoms with E-state index in [2.05, 4.69) is 20.8 Å². The first-order valence-electron chi connectivity index (χ1n) is 7.85. The second-order valence-electron chi connectivity index (χ2n) is 5.42. The molecule has 0 aliphatic heterocycles. The zero-order valence-corrected chi connectivity index (χ0v) is 15.0. The number of carbonyl (C=O) groups is 1. The molecule has 27 heavy (non-hydrogen) atoms. The van der Waals surface area contributed by atoms with Crippen LogP contribution in [0.15, 0.2) is 54.6 Å². The Labute approximate surface area is 160 Å². The second-order valence-corrected chi connectivity index (χ2v) is 5.83. The zero-order chi connectivity index (χ0) is 19.2. The van der Waals surface area contributed by atoms with Crippen molar-refractivity contribution in [2.45, 2.75) is 0 Å². The van der Waals surface area contributed by atoms with Crippen LogP contribution in [0.2, 0.25) is 5.02 Å². The first-order chi connectivity index (χ1) is 13.1. The highest BCUT2D eigenvalue weighted by molar-refractivity contribution is 6.32. The molecule has 0 spiro atoms. The number of anilines is 3. The normalized spacial score (nSPS) is 9.96. The minimum atomic E-state index is -0.397. The van der Waals surface area contributed by atoms with Crippen LogP contribution in [-0.2, 0) is 0 Å². The number of rotatable bonds is 5. The van der Waals surface area contributed by atoms with Crippen molar-refractivity contribution < 1.29 is 9.53 Å². The summed E-state index contributed by atoms with van der Waals surface area (Å²) in [5, 5.41) is 22.9. The largest absolute Gasteiger partial charge is 0.495 e. The summed E-state index contributed by atoms with van der Waals surface area (Å²) in [4.78, 5) is 12.2. The van der Waals surface area contributed by atoms with Crippen LogP contribution in [0.1, 0.15) is 16.1 Å². The standard InChI is InChI=1S/C19H14ClN5O2/c1-27-17-8-6-14(10-15(17)20)22-18-9-7-16(24-25-18)19(26)23-13-4-2-12(11-21)3-5-13/h2-10H,1H3,(H,22,25)(H,23,26). The molecule has 0 saturated heterocycles. The highest BCUT2D eigenvalue weighted by atomic mass is 35.5. The summed E-state index contributed by atoms with van der Waals surface area (Å²) < 4.78 is 5.11. The smallest absolute Gasteiger partial charge is 0.276 e. The molecule has 7 nitrogen and oxygen atoms in total. The van der Waals surface area contributed by atoms with Crippen molar-refractivity contribution in [3.05, 3.63) is 70.9 Å². The highest BCUT2D eigenvalue weighted by Crippen LogP contribution is 2.28. The van der Waals surface area contributed by atoms with Crippen molar-refractivity contribution in [1.82, 2.24) is 10.2 Å². The minimum Gasteiger partial charge on any atom is -0.495 e. The average molecular weight is 380 g/mol. The molecule has 2 aromatic carbocycles. The van der Waals surface area contributed by atoms with Gasteiger partial charge in [0.1, 0.15) is 5.75 Å². The van der Waals surface area contributed by atoms with E-state index in [1.807, 2.05) is 6.07 Å². The number of nitrogens with zero attached hydrogens (tertiary/aromatic N) is 3. The lowest BCUT2D eigenvalue weighted by molar-refractivity contribution is 0.102. The number of hydrogen-bond donors (Lipinski definition) is 2. The molecule has 1 aromatic heterocycles. The quantitative estimate of drug-likeness (QED) is 0.694. The van der Waals surface area contributed by atoms with Gasteiger partial charge in [0.05, 0.1) is 23.8 Å². The predicted octanol–water partition coefficient (Wildman–Crippen LogP) is 4.01. The SMILES string of the molecule is COc1ccc(Nc2ccc(C(=O)Nc3ccc(C#N)cc3)nn2)cc1Cl. The summed E-state index contributed by atoms with van der Waals surface area (Å²) in [7, 11) is 1.54. The Kier molecular flexibility index (Phi) is 5.50. The molecule has 134 valence electrons. The topological polar surface area (TPSA) is 99.9 Å². The minimum absolute atomic E-state index is 0.165. The molecule has 1 amide bonds. The van der Waals surface area contributed by atoms with Crippen molar-refractivity contribution in [3.8, 4) is 11.8 Å². The van der Waals surface area contributed by atoms with Gasteiger partial charge in [0, 0.05) is 11.4 Å². The molecule has 0 saturated carbocycles. The number of methoxy groups -OCH3 is 1. The summed E-state index contributed by atoms with van der Waals surface area (Å²) in [6.45, 7) is 0. The van der Waals surface area contributed by atoms with Gasteiger partial charge in [-0.05, 0) is 54.6 Å². The summed E-state index contributed by atoms with van der Waals surface area (Å²) in [6, 6.07) is 17.0. The van der Waals surface area contributed by atoms with Crippen LogP contribution in [0.5, 0.6) is 5.75 Å². The number of amides is 1. The third-order valence-corrected chi connectivity index (χ3v) is 3.89. The maximum atomic E-state index is 12.2. The molecule has 0 bridgehead atoms. The van der Waals surface area contributed by atoms with E-state index in [0.717, 1.165) is 0 Å². The van der Waals surface area contributed by atoms with Gasteiger partial charge in [-0.1, -0.05) is 11.6 Å². The molecule has 0 unspecified atom stereocenters. The lowest BCUT2D eigenvalue weighted by Gasteiger charge is -2.08. The summed E-state index contributed by atoms with van der Waals surface area (Å²) in [5.41, 5.74) is 1.96. The average Bonchev–Trinajstić information content (AvgIpc) is 2.69. The molecule has 0 fully saturated rings. The lowest BCUT2D eigenvalue weighted by atomic mass is 10.2. The Balaban J connectivity index is 1.66. The van der Waals surface area contributed by atoms with E-state index in [1.165, 1.54) is 0 Å². The number of hydrogen-bond acceptors (Lipinski definition) is 6. The van der Waals surface area contributed by atoms with Crippen LogP contribution >= 0.6 is 11.6 Å². The highest BCUT2D eigenvalue weighted by Gasteiger charge is 2.09. The van der Waals surface area contributed by atoms with E-state index >= 15 is 0 Å². The second kappa shape index (κ2) is 8.17. The third-order valence-electron chi connectivity index (χ3n) is 3.59. The monoisotopic (exact) mass is 379 g/mol. The van der Waals surface area contributed by atoms with Crippen LogP contribution in [0.3, 0.4) is 0 Å². The molecule has 8 heteroatoms.